The number of nitriles is 1. The second-order valence-corrected chi connectivity index (χ2v) is 13.4. The number of piperazine rings is 1. The van der Waals surface area contributed by atoms with Gasteiger partial charge in [-0.25, -0.2) is 35.9 Å². The molecule has 3 aromatic heterocycles. The van der Waals surface area contributed by atoms with Gasteiger partial charge in [-0.3, -0.25) is 9.36 Å². The van der Waals surface area contributed by atoms with Gasteiger partial charge in [-0.1, -0.05) is 17.4 Å². The molecule has 18 heteroatoms. The number of nitrogens with one attached hydrogen (secondary N) is 1. The van der Waals surface area contributed by atoms with Crippen LogP contribution in [0.5, 0.6) is 0 Å². The van der Waals surface area contributed by atoms with Gasteiger partial charge in [0.1, 0.15) is 23.6 Å². The van der Waals surface area contributed by atoms with Crippen LogP contribution in [-0.2, 0) is 14.8 Å². The number of rotatable bonds is 7. The predicted octanol–water partition coefficient (Wildman–Crippen LogP) is 3.00. The van der Waals surface area contributed by atoms with Gasteiger partial charge in [0, 0.05) is 38.0 Å². The highest BCUT2D eigenvalue weighted by molar-refractivity contribution is 7.89. The smallest absolute Gasteiger partial charge is 0.291 e. The Hall–Kier alpha value is -3.95. The Bertz CT molecular complexity index is 1940. The normalized spacial score (nSPS) is 21.0. The number of alkyl halides is 4. The lowest BCUT2D eigenvalue weighted by atomic mass is 10.2. The molecule has 1 aliphatic heterocycles. The van der Waals surface area contributed by atoms with E-state index in [0.717, 1.165) is 0 Å². The molecule has 0 spiro atoms. The summed E-state index contributed by atoms with van der Waals surface area (Å²) in [4.78, 5) is 24.5. The van der Waals surface area contributed by atoms with Crippen molar-refractivity contribution < 1.29 is 30.8 Å². The number of halogens is 4. The van der Waals surface area contributed by atoms with Crippen LogP contribution < -0.4 is 9.62 Å². The van der Waals surface area contributed by atoms with E-state index in [4.69, 9.17) is 0 Å². The fourth-order valence-electron chi connectivity index (χ4n) is 5.32. The molecule has 4 heterocycles. The van der Waals surface area contributed by atoms with Crippen molar-refractivity contribution >= 4 is 55.0 Å². The molecule has 1 saturated heterocycles. The van der Waals surface area contributed by atoms with Crippen LogP contribution >= 0.6 is 11.3 Å². The van der Waals surface area contributed by atoms with Gasteiger partial charge in [0.25, 0.3) is 12.3 Å². The Kier molecular flexibility index (Phi) is 6.17. The van der Waals surface area contributed by atoms with Gasteiger partial charge >= 0.3 is 0 Å². The minimum atomic E-state index is -4.13. The summed E-state index contributed by atoms with van der Waals surface area (Å²) in [5.41, 5.74) is -0.627. The standard InChI is InChI=1S/C25H21F4N9O3S2/c26-18(27)21-33-34-23(42-21)38-16-9-13(43(40,41)35-24(11-30)3-4-24)1-2-14(16)17-19(31-12-32-20(17)38)36-5-7-37(8-6-36)22(39)15-10-25(15,28)29/h1-2,9,12,15,18,35H,3-8,10H2. The zero-order chi connectivity index (χ0) is 30.3. The molecule has 1 unspecified atom stereocenters. The third-order valence-corrected chi connectivity index (χ3v) is 10.4. The van der Waals surface area contributed by atoms with E-state index >= 15 is 0 Å². The first kappa shape index (κ1) is 27.9. The summed E-state index contributed by atoms with van der Waals surface area (Å²) in [5, 5.41) is 17.4. The zero-order valence-electron chi connectivity index (χ0n) is 22.0. The Morgan fingerprint density at radius 2 is 1.86 bits per heavy atom. The quantitative estimate of drug-likeness (QED) is 0.303. The maximum absolute atomic E-state index is 13.5. The van der Waals surface area contributed by atoms with E-state index in [1.165, 1.54) is 27.9 Å². The molecule has 3 aliphatic rings. The maximum Gasteiger partial charge on any atom is 0.291 e. The molecule has 1 aromatic carbocycles. The van der Waals surface area contributed by atoms with E-state index in [9.17, 15) is 36.0 Å². The van der Waals surface area contributed by atoms with Gasteiger partial charge in [0.2, 0.25) is 21.1 Å². The van der Waals surface area contributed by atoms with Crippen LogP contribution in [0.4, 0.5) is 23.4 Å². The van der Waals surface area contributed by atoms with Gasteiger partial charge in [-0.2, -0.15) is 9.98 Å². The van der Waals surface area contributed by atoms with Crippen LogP contribution in [0.1, 0.15) is 30.7 Å². The first-order valence-electron chi connectivity index (χ1n) is 13.2. The van der Waals surface area contributed by atoms with Crippen molar-refractivity contribution in [1.29, 1.82) is 5.26 Å². The van der Waals surface area contributed by atoms with Crippen molar-refractivity contribution in [1.82, 2.24) is 34.4 Å². The van der Waals surface area contributed by atoms with Crippen molar-refractivity contribution in [2.45, 2.75) is 42.0 Å². The number of carbonyl (C=O) groups is 1. The van der Waals surface area contributed by atoms with Crippen LogP contribution in [0.15, 0.2) is 29.4 Å². The highest BCUT2D eigenvalue weighted by Gasteiger charge is 2.62. The highest BCUT2D eigenvalue weighted by Crippen LogP contribution is 2.49. The Morgan fingerprint density at radius 1 is 1.14 bits per heavy atom. The van der Waals surface area contributed by atoms with Gasteiger partial charge in [0.05, 0.1) is 21.9 Å². The van der Waals surface area contributed by atoms with Gasteiger partial charge in [0.15, 0.2) is 10.7 Å². The number of amides is 1. The first-order chi connectivity index (χ1) is 20.4. The van der Waals surface area contributed by atoms with Crippen LogP contribution in [0.25, 0.3) is 27.1 Å². The van der Waals surface area contributed by atoms with Gasteiger partial charge in [-0.15, -0.1) is 10.2 Å². The minimum Gasteiger partial charge on any atom is -0.352 e. The number of nitrogens with zero attached hydrogens (tertiary/aromatic N) is 8. The summed E-state index contributed by atoms with van der Waals surface area (Å²) in [7, 11) is -4.13. The van der Waals surface area contributed by atoms with E-state index in [-0.39, 0.29) is 47.4 Å². The van der Waals surface area contributed by atoms with Crippen molar-refractivity contribution in [3.63, 3.8) is 0 Å². The molecule has 4 aromatic rings. The van der Waals surface area contributed by atoms with E-state index in [1.54, 1.807) is 6.07 Å². The lowest BCUT2D eigenvalue weighted by Gasteiger charge is -2.35. The summed E-state index contributed by atoms with van der Waals surface area (Å²) < 4.78 is 84.2. The second kappa shape index (κ2) is 9.53. The third-order valence-electron chi connectivity index (χ3n) is 7.93. The molecule has 2 saturated carbocycles. The second-order valence-electron chi connectivity index (χ2n) is 10.8. The van der Waals surface area contributed by atoms with Crippen molar-refractivity contribution in [3.8, 4) is 11.2 Å². The number of sulfonamides is 1. The number of aromatic nitrogens is 5. The molecule has 224 valence electrons. The fourth-order valence-corrected chi connectivity index (χ4v) is 7.43. The van der Waals surface area contributed by atoms with Crippen molar-refractivity contribution in [2.24, 2.45) is 5.92 Å². The Morgan fingerprint density at radius 3 is 2.47 bits per heavy atom. The zero-order valence-corrected chi connectivity index (χ0v) is 23.7. The van der Waals surface area contributed by atoms with Crippen LogP contribution in [0, 0.1) is 17.2 Å². The summed E-state index contributed by atoms with van der Waals surface area (Å²) in [6, 6.07) is 6.26. The molecule has 7 rings (SSSR count). The molecule has 43 heavy (non-hydrogen) atoms. The van der Waals surface area contributed by atoms with Crippen LogP contribution in [-0.4, -0.2) is 81.6 Å². The van der Waals surface area contributed by atoms with Gasteiger partial charge in [-0.05, 0) is 25.0 Å². The summed E-state index contributed by atoms with van der Waals surface area (Å²) in [5.74, 6) is -4.38. The highest BCUT2D eigenvalue weighted by atomic mass is 32.2. The van der Waals surface area contributed by atoms with Crippen LogP contribution in [0.2, 0.25) is 0 Å². The monoisotopic (exact) mass is 635 g/mol. The van der Waals surface area contributed by atoms with E-state index < -0.39 is 51.2 Å². The molecule has 0 bridgehead atoms. The third kappa shape index (κ3) is 4.66. The lowest BCUT2D eigenvalue weighted by Crippen LogP contribution is -2.50. The summed E-state index contributed by atoms with van der Waals surface area (Å²) >= 11 is 0.622. The molecule has 1 amide bonds. The largest absolute Gasteiger partial charge is 0.352 e. The molecular weight excluding hydrogens is 614 g/mol. The molecule has 3 fully saturated rings. The van der Waals surface area contributed by atoms with Crippen molar-refractivity contribution in [3.05, 3.63) is 29.5 Å². The SMILES string of the molecule is N#CC1(NS(=O)(=O)c2ccc3c4c(N5CCN(C(=O)C6CC6(F)F)CC5)ncnc4n(-c4nnc(C(F)F)s4)c3c2)CC1. The molecule has 1 atom stereocenters. The molecular formula is C25H21F4N9O3S2. The number of fused-ring (bicyclic) bond motifs is 3. The van der Waals surface area contributed by atoms with Crippen molar-refractivity contribution in [2.75, 3.05) is 31.1 Å². The fraction of sp³-hybridized carbons (Fsp3) is 0.440. The maximum atomic E-state index is 13.5. The van der Waals surface area contributed by atoms with Crippen LogP contribution in [0.3, 0.4) is 0 Å². The Labute approximate surface area is 245 Å². The lowest BCUT2D eigenvalue weighted by molar-refractivity contribution is -0.135. The average Bonchev–Trinajstić information content (AvgIpc) is 3.76. The Balaban J connectivity index is 1.31. The van der Waals surface area contributed by atoms with Gasteiger partial charge < -0.3 is 9.80 Å². The number of hydrogen-bond acceptors (Lipinski definition) is 10. The molecule has 0 radical (unpaired) electrons. The number of anilines is 1. The van der Waals surface area contributed by atoms with E-state index in [1.807, 2.05) is 11.0 Å². The molecule has 12 nitrogen and oxygen atoms in total. The summed E-state index contributed by atoms with van der Waals surface area (Å²) in [6.45, 7) is 0.949. The molecule has 1 N–H and O–H groups in total. The van der Waals surface area contributed by atoms with E-state index in [0.29, 0.717) is 40.8 Å². The number of benzene rings is 1. The topological polar surface area (TPSA) is 150 Å². The predicted molar refractivity (Wildman–Crippen MR) is 145 cm³/mol. The average molecular weight is 636 g/mol. The minimum absolute atomic E-state index is 0.0268. The first-order valence-corrected chi connectivity index (χ1v) is 15.5. The number of carbonyl (C=O) groups excluding carboxylic acids is 1. The number of hydrogen-bond donors (Lipinski definition) is 1. The molecule has 2 aliphatic carbocycles. The van der Waals surface area contributed by atoms with E-state index in [2.05, 4.69) is 24.9 Å². The summed E-state index contributed by atoms with van der Waals surface area (Å²) in [6.07, 6.45) is -1.28.